The van der Waals surface area contributed by atoms with Crippen LogP contribution in [0.4, 0.5) is 0 Å². The summed E-state index contributed by atoms with van der Waals surface area (Å²) in [4.78, 5) is 25.0. The Morgan fingerprint density at radius 2 is 1.81 bits per heavy atom. The van der Waals surface area contributed by atoms with Gasteiger partial charge in [-0.2, -0.15) is 0 Å². The number of nitrogens with zero attached hydrogens (tertiary/aromatic N) is 1. The Labute approximate surface area is 154 Å². The van der Waals surface area contributed by atoms with Gasteiger partial charge in [-0.25, -0.2) is 4.79 Å². The number of aromatic nitrogens is 1. The van der Waals surface area contributed by atoms with E-state index in [9.17, 15) is 9.59 Å². The van der Waals surface area contributed by atoms with Crippen LogP contribution >= 0.6 is 0 Å². The number of para-hydroxylation sites is 1. The molecule has 0 radical (unpaired) electrons. The minimum Gasteiger partial charge on any atom is -0.485 e. The first-order valence-corrected chi connectivity index (χ1v) is 8.87. The van der Waals surface area contributed by atoms with Crippen molar-refractivity contribution in [1.29, 1.82) is 0 Å². The van der Waals surface area contributed by atoms with E-state index in [1.807, 2.05) is 31.2 Å². The Morgan fingerprint density at radius 3 is 2.42 bits per heavy atom. The lowest BCUT2D eigenvalue weighted by Crippen LogP contribution is -2.14. The van der Waals surface area contributed by atoms with Crippen LogP contribution in [0.25, 0.3) is 0 Å². The molecule has 0 aliphatic carbocycles. The van der Waals surface area contributed by atoms with Gasteiger partial charge >= 0.3 is 5.97 Å². The minimum absolute atomic E-state index is 0.0717. The molecule has 0 amide bonds. The van der Waals surface area contributed by atoms with Crippen molar-refractivity contribution in [1.82, 2.24) is 4.57 Å². The largest absolute Gasteiger partial charge is 0.485 e. The molecule has 1 aromatic heterocycles. The molecule has 2 aromatic rings. The lowest BCUT2D eigenvalue weighted by Gasteiger charge is -2.13. The zero-order valence-electron chi connectivity index (χ0n) is 16.4. The van der Waals surface area contributed by atoms with Gasteiger partial charge in [0.25, 0.3) is 0 Å². The topological polar surface area (TPSA) is 57.5 Å². The molecule has 0 unspecified atom stereocenters. The van der Waals surface area contributed by atoms with Crippen molar-refractivity contribution in [3.8, 4) is 5.75 Å². The zero-order valence-corrected chi connectivity index (χ0v) is 16.4. The van der Waals surface area contributed by atoms with Gasteiger partial charge in [0.15, 0.2) is 6.61 Å². The van der Waals surface area contributed by atoms with E-state index in [0.717, 1.165) is 11.3 Å². The van der Waals surface area contributed by atoms with Crippen LogP contribution in [0.5, 0.6) is 5.75 Å². The summed E-state index contributed by atoms with van der Waals surface area (Å²) < 4.78 is 12.6. The molecule has 0 spiro atoms. The molecule has 0 saturated heterocycles. The van der Waals surface area contributed by atoms with Gasteiger partial charge in [0.1, 0.15) is 11.4 Å². The van der Waals surface area contributed by atoms with E-state index in [0.29, 0.717) is 35.1 Å². The lowest BCUT2D eigenvalue weighted by atomic mass is 10.0. The summed E-state index contributed by atoms with van der Waals surface area (Å²) in [6, 6.07) is 7.73. The molecular formula is C21H27NO4. The van der Waals surface area contributed by atoms with E-state index in [-0.39, 0.29) is 12.4 Å². The molecule has 0 atom stereocenters. The SMILES string of the molecule is CCOC(=O)c1c(C)c(C(=O)COc2ccccc2C(C)C)c(C)n1C. The number of ether oxygens (including phenoxy) is 2. The van der Waals surface area contributed by atoms with Crippen LogP contribution in [0.2, 0.25) is 0 Å². The summed E-state index contributed by atoms with van der Waals surface area (Å²) >= 11 is 0. The van der Waals surface area contributed by atoms with Crippen LogP contribution in [0.1, 0.15) is 64.4 Å². The smallest absolute Gasteiger partial charge is 0.355 e. The van der Waals surface area contributed by atoms with Crippen LogP contribution in [-0.2, 0) is 11.8 Å². The number of esters is 1. The van der Waals surface area contributed by atoms with E-state index in [1.54, 1.807) is 25.5 Å². The number of carbonyl (C=O) groups is 2. The van der Waals surface area contributed by atoms with E-state index >= 15 is 0 Å². The van der Waals surface area contributed by atoms with E-state index in [1.165, 1.54) is 0 Å². The van der Waals surface area contributed by atoms with Gasteiger partial charge in [0.05, 0.1) is 6.61 Å². The molecule has 5 heteroatoms. The maximum Gasteiger partial charge on any atom is 0.355 e. The number of benzene rings is 1. The second kappa shape index (κ2) is 8.21. The molecule has 0 saturated carbocycles. The summed E-state index contributed by atoms with van der Waals surface area (Å²) in [5, 5.41) is 0. The molecule has 140 valence electrons. The first kappa shape index (κ1) is 19.8. The standard InChI is InChI=1S/C21H27NO4/c1-7-25-21(24)20-14(4)19(15(5)22(20)6)17(23)12-26-18-11-9-8-10-16(18)13(2)3/h8-11,13H,7,12H2,1-6H3. The summed E-state index contributed by atoms with van der Waals surface area (Å²) in [6.45, 7) is 9.75. The number of ketones is 1. The Balaban J connectivity index is 2.26. The van der Waals surface area contributed by atoms with E-state index in [4.69, 9.17) is 9.47 Å². The van der Waals surface area contributed by atoms with Gasteiger partial charge in [-0.05, 0) is 43.9 Å². The fourth-order valence-corrected chi connectivity index (χ4v) is 3.18. The van der Waals surface area contributed by atoms with Crippen molar-refractivity contribution in [2.75, 3.05) is 13.2 Å². The molecule has 0 aliphatic rings. The summed E-state index contributed by atoms with van der Waals surface area (Å²) in [5.41, 5.74) is 3.37. The molecule has 1 aromatic carbocycles. The van der Waals surface area contributed by atoms with Crippen LogP contribution in [-0.4, -0.2) is 29.5 Å². The molecule has 0 bridgehead atoms. The minimum atomic E-state index is -0.416. The van der Waals surface area contributed by atoms with Gasteiger partial charge < -0.3 is 14.0 Å². The highest BCUT2D eigenvalue weighted by molar-refractivity contribution is 6.03. The maximum absolute atomic E-state index is 12.8. The van der Waals surface area contributed by atoms with Crippen LogP contribution < -0.4 is 4.74 Å². The molecule has 0 fully saturated rings. The third-order valence-electron chi connectivity index (χ3n) is 4.58. The van der Waals surface area contributed by atoms with Gasteiger partial charge in [-0.3, -0.25) is 4.79 Å². The summed E-state index contributed by atoms with van der Waals surface area (Å²) in [7, 11) is 1.76. The predicted octanol–water partition coefficient (Wildman–Crippen LogP) is 4.20. The molecule has 2 rings (SSSR count). The van der Waals surface area contributed by atoms with E-state index in [2.05, 4.69) is 13.8 Å². The molecule has 26 heavy (non-hydrogen) atoms. The third kappa shape index (κ3) is 3.82. The highest BCUT2D eigenvalue weighted by atomic mass is 16.5. The summed E-state index contributed by atoms with van der Waals surface area (Å²) in [6.07, 6.45) is 0. The zero-order chi connectivity index (χ0) is 19.4. The van der Waals surface area contributed by atoms with Crippen molar-refractivity contribution in [2.45, 2.75) is 40.5 Å². The number of hydrogen-bond donors (Lipinski definition) is 0. The monoisotopic (exact) mass is 357 g/mol. The number of Topliss-reactive ketones (excluding diaryl/α,β-unsaturated/α-hetero) is 1. The van der Waals surface area contributed by atoms with Crippen molar-refractivity contribution in [3.05, 3.63) is 52.3 Å². The quantitative estimate of drug-likeness (QED) is 0.550. The number of rotatable bonds is 7. The first-order valence-electron chi connectivity index (χ1n) is 8.87. The Morgan fingerprint density at radius 1 is 1.15 bits per heavy atom. The third-order valence-corrected chi connectivity index (χ3v) is 4.58. The van der Waals surface area contributed by atoms with Crippen LogP contribution in [0.3, 0.4) is 0 Å². The average molecular weight is 357 g/mol. The first-order chi connectivity index (χ1) is 12.3. The summed E-state index contributed by atoms with van der Waals surface area (Å²) in [5.74, 6) is 0.454. The molecule has 1 heterocycles. The van der Waals surface area contributed by atoms with E-state index < -0.39 is 5.97 Å². The fourth-order valence-electron chi connectivity index (χ4n) is 3.18. The molecule has 5 nitrogen and oxygen atoms in total. The molecular weight excluding hydrogens is 330 g/mol. The Bertz CT molecular complexity index is 818. The van der Waals surface area contributed by atoms with Crippen molar-refractivity contribution >= 4 is 11.8 Å². The average Bonchev–Trinajstić information content (AvgIpc) is 2.82. The number of hydrogen-bond acceptors (Lipinski definition) is 4. The predicted molar refractivity (Wildman–Crippen MR) is 101 cm³/mol. The molecule has 0 N–H and O–H groups in total. The normalized spacial score (nSPS) is 10.9. The second-order valence-corrected chi connectivity index (χ2v) is 6.62. The van der Waals surface area contributed by atoms with Gasteiger partial charge in [-0.1, -0.05) is 32.0 Å². The number of carbonyl (C=O) groups excluding carboxylic acids is 2. The van der Waals surface area contributed by atoms with Crippen molar-refractivity contribution in [3.63, 3.8) is 0 Å². The van der Waals surface area contributed by atoms with Crippen LogP contribution in [0, 0.1) is 13.8 Å². The van der Waals surface area contributed by atoms with Gasteiger partial charge in [0.2, 0.25) is 5.78 Å². The van der Waals surface area contributed by atoms with Crippen molar-refractivity contribution in [2.24, 2.45) is 7.05 Å². The second-order valence-electron chi connectivity index (χ2n) is 6.62. The molecule has 0 aliphatic heterocycles. The highest BCUT2D eigenvalue weighted by Crippen LogP contribution is 2.27. The highest BCUT2D eigenvalue weighted by Gasteiger charge is 2.26. The van der Waals surface area contributed by atoms with Crippen LogP contribution in [0.15, 0.2) is 24.3 Å². The fraction of sp³-hybridized carbons (Fsp3) is 0.429. The lowest BCUT2D eigenvalue weighted by molar-refractivity contribution is 0.0514. The van der Waals surface area contributed by atoms with Crippen molar-refractivity contribution < 1.29 is 19.1 Å². The Hall–Kier alpha value is -2.56. The Kier molecular flexibility index (Phi) is 6.24. The maximum atomic E-state index is 12.8. The van der Waals surface area contributed by atoms with Gasteiger partial charge in [0, 0.05) is 18.3 Å². The van der Waals surface area contributed by atoms with Gasteiger partial charge in [-0.15, -0.1) is 0 Å².